The summed E-state index contributed by atoms with van der Waals surface area (Å²) in [6, 6.07) is 3.16. The van der Waals surface area contributed by atoms with Crippen LogP contribution in [0.4, 0.5) is 4.39 Å². The molecule has 16 heavy (non-hydrogen) atoms. The molecule has 2 rings (SSSR count). The van der Waals surface area contributed by atoms with Gasteiger partial charge in [0.05, 0.1) is 5.39 Å². The molecule has 0 bridgehead atoms. The number of aromatic carboxylic acids is 1. The molecule has 0 fully saturated rings. The Morgan fingerprint density at radius 3 is 2.62 bits per heavy atom. The first-order valence-corrected chi connectivity index (χ1v) is 4.53. The molecular weight excluding hydrogens is 239 g/mol. The maximum atomic E-state index is 13.4. The van der Waals surface area contributed by atoms with E-state index in [1.165, 1.54) is 6.07 Å². The molecule has 0 aliphatic rings. The van der Waals surface area contributed by atoms with Crippen LogP contribution in [0.5, 0.6) is 0 Å². The molecule has 2 aromatic rings. The van der Waals surface area contributed by atoms with Crippen LogP contribution in [0.1, 0.15) is 10.6 Å². The number of hydrogen-bond acceptors (Lipinski definition) is 3. The molecule has 6 heteroatoms. The molecule has 0 spiro atoms. The van der Waals surface area contributed by atoms with Crippen LogP contribution in [0.2, 0.25) is 5.02 Å². The van der Waals surface area contributed by atoms with Crippen LogP contribution in [0, 0.1) is 5.82 Å². The van der Waals surface area contributed by atoms with Crippen molar-refractivity contribution in [3.05, 3.63) is 45.2 Å². The van der Waals surface area contributed by atoms with Crippen molar-refractivity contribution >= 4 is 28.3 Å². The molecule has 1 aromatic heterocycles. The van der Waals surface area contributed by atoms with Gasteiger partial charge in [-0.3, -0.25) is 0 Å². The summed E-state index contributed by atoms with van der Waals surface area (Å²) in [7, 11) is 0. The van der Waals surface area contributed by atoms with E-state index >= 15 is 0 Å². The summed E-state index contributed by atoms with van der Waals surface area (Å²) in [4.78, 5) is 21.9. The smallest absolute Gasteiger partial charge is 0.371 e. The molecule has 82 valence electrons. The Balaban J connectivity index is 2.93. The first-order chi connectivity index (χ1) is 7.49. The lowest BCUT2D eigenvalue weighted by atomic mass is 10.1. The minimum atomic E-state index is -1.44. The topological polar surface area (TPSA) is 67.5 Å². The minimum absolute atomic E-state index is 0.0420. The molecule has 0 aliphatic carbocycles. The third-order valence-corrected chi connectivity index (χ3v) is 2.22. The standard InChI is InChI=1S/C10H4ClFO4/c11-4-1-6-5(7(12)2-4)3-8(9(13)14)16-10(6)15/h1-3H,(H,13,14). The molecule has 1 aromatic carbocycles. The molecule has 1 N–H and O–H groups in total. The Hall–Kier alpha value is -1.88. The van der Waals surface area contributed by atoms with Crippen molar-refractivity contribution in [2.75, 3.05) is 0 Å². The van der Waals surface area contributed by atoms with Gasteiger partial charge in [0.25, 0.3) is 0 Å². The van der Waals surface area contributed by atoms with Crippen molar-refractivity contribution in [1.82, 2.24) is 0 Å². The maximum absolute atomic E-state index is 13.4. The van der Waals surface area contributed by atoms with Gasteiger partial charge in [-0.2, -0.15) is 0 Å². The van der Waals surface area contributed by atoms with E-state index in [4.69, 9.17) is 16.7 Å². The number of halogens is 2. The van der Waals surface area contributed by atoms with Gasteiger partial charge in [0.15, 0.2) is 0 Å². The average molecular weight is 243 g/mol. The number of carboxylic acid groups (broad SMARTS) is 1. The van der Waals surface area contributed by atoms with Crippen LogP contribution < -0.4 is 5.63 Å². The van der Waals surface area contributed by atoms with Crippen molar-refractivity contribution in [3.8, 4) is 0 Å². The summed E-state index contributed by atoms with van der Waals surface area (Å²) >= 11 is 5.56. The summed E-state index contributed by atoms with van der Waals surface area (Å²) < 4.78 is 17.9. The third-order valence-electron chi connectivity index (χ3n) is 2.00. The van der Waals surface area contributed by atoms with Gasteiger partial charge >= 0.3 is 11.6 Å². The van der Waals surface area contributed by atoms with E-state index in [9.17, 15) is 14.0 Å². The summed E-state index contributed by atoms with van der Waals surface area (Å²) in [5.41, 5.74) is -0.934. The molecule has 0 saturated heterocycles. The van der Waals surface area contributed by atoms with Gasteiger partial charge in [-0.05, 0) is 18.2 Å². The predicted octanol–water partition coefficient (Wildman–Crippen LogP) is 2.28. The minimum Gasteiger partial charge on any atom is -0.475 e. The normalized spacial score (nSPS) is 10.6. The van der Waals surface area contributed by atoms with Gasteiger partial charge < -0.3 is 9.52 Å². The van der Waals surface area contributed by atoms with E-state index in [2.05, 4.69) is 4.42 Å². The number of carboxylic acids is 1. The summed E-state index contributed by atoms with van der Waals surface area (Å²) in [5, 5.41) is 8.46. The Labute approximate surface area is 92.9 Å². The van der Waals surface area contributed by atoms with Gasteiger partial charge in [-0.25, -0.2) is 14.0 Å². The molecule has 0 saturated carbocycles. The second-order valence-electron chi connectivity index (χ2n) is 3.05. The molecule has 1 heterocycles. The molecule has 4 nitrogen and oxygen atoms in total. The van der Waals surface area contributed by atoms with Crippen LogP contribution in [0.15, 0.2) is 27.4 Å². The van der Waals surface area contributed by atoms with Crippen LogP contribution in [-0.2, 0) is 0 Å². The van der Waals surface area contributed by atoms with E-state index < -0.39 is 23.2 Å². The lowest BCUT2D eigenvalue weighted by molar-refractivity contribution is 0.0658. The third kappa shape index (κ3) is 1.65. The van der Waals surface area contributed by atoms with Crippen molar-refractivity contribution in [2.24, 2.45) is 0 Å². The first-order valence-electron chi connectivity index (χ1n) is 4.15. The van der Waals surface area contributed by atoms with E-state index in [0.717, 1.165) is 12.1 Å². The number of rotatable bonds is 1. The highest BCUT2D eigenvalue weighted by Gasteiger charge is 2.13. The number of benzene rings is 1. The highest BCUT2D eigenvalue weighted by molar-refractivity contribution is 6.31. The fraction of sp³-hybridized carbons (Fsp3) is 0. The van der Waals surface area contributed by atoms with Crippen molar-refractivity contribution < 1.29 is 18.7 Å². The highest BCUT2D eigenvalue weighted by Crippen LogP contribution is 2.21. The summed E-state index contributed by atoms with van der Waals surface area (Å²) in [6.45, 7) is 0. The Morgan fingerprint density at radius 2 is 2.00 bits per heavy atom. The van der Waals surface area contributed by atoms with Gasteiger partial charge in [0.1, 0.15) is 5.82 Å². The Bertz CT molecular complexity index is 647. The van der Waals surface area contributed by atoms with E-state index in [1.807, 2.05) is 0 Å². The first kappa shape index (κ1) is 10.6. The highest BCUT2D eigenvalue weighted by atomic mass is 35.5. The monoisotopic (exact) mass is 242 g/mol. The number of hydrogen-bond donors (Lipinski definition) is 1. The maximum Gasteiger partial charge on any atom is 0.371 e. The van der Waals surface area contributed by atoms with Gasteiger partial charge in [0.2, 0.25) is 5.76 Å². The van der Waals surface area contributed by atoms with E-state index in [-0.39, 0.29) is 15.8 Å². The van der Waals surface area contributed by atoms with Gasteiger partial charge in [-0.1, -0.05) is 11.6 Å². The van der Waals surface area contributed by atoms with Crippen LogP contribution in [-0.4, -0.2) is 11.1 Å². The Kier molecular flexibility index (Phi) is 2.40. The van der Waals surface area contributed by atoms with Gasteiger partial charge in [0, 0.05) is 10.4 Å². The fourth-order valence-electron chi connectivity index (χ4n) is 1.32. The van der Waals surface area contributed by atoms with E-state index in [0.29, 0.717) is 0 Å². The summed E-state index contributed by atoms with van der Waals surface area (Å²) in [5.74, 6) is -2.81. The molecule has 0 aliphatic heterocycles. The fourth-order valence-corrected chi connectivity index (χ4v) is 1.53. The number of carbonyl (C=O) groups is 1. The summed E-state index contributed by atoms with van der Waals surface area (Å²) in [6.07, 6.45) is 0. The van der Waals surface area contributed by atoms with Gasteiger partial charge in [-0.15, -0.1) is 0 Å². The largest absolute Gasteiger partial charge is 0.475 e. The Morgan fingerprint density at radius 1 is 1.31 bits per heavy atom. The predicted molar refractivity (Wildman–Crippen MR) is 54.4 cm³/mol. The average Bonchev–Trinajstić information content (AvgIpc) is 2.19. The molecule has 0 amide bonds. The zero-order valence-electron chi connectivity index (χ0n) is 7.66. The lowest BCUT2D eigenvalue weighted by Gasteiger charge is -2.00. The SMILES string of the molecule is O=C(O)c1cc2c(F)cc(Cl)cc2c(=O)o1. The van der Waals surface area contributed by atoms with Crippen LogP contribution >= 0.6 is 11.6 Å². The van der Waals surface area contributed by atoms with Crippen LogP contribution in [0.25, 0.3) is 10.8 Å². The van der Waals surface area contributed by atoms with Crippen molar-refractivity contribution in [2.45, 2.75) is 0 Å². The second-order valence-corrected chi connectivity index (χ2v) is 3.49. The quantitative estimate of drug-likeness (QED) is 0.833. The zero-order chi connectivity index (χ0) is 11.9. The molecular formula is C10H4ClFO4. The lowest BCUT2D eigenvalue weighted by Crippen LogP contribution is -2.07. The van der Waals surface area contributed by atoms with Crippen molar-refractivity contribution in [3.63, 3.8) is 0 Å². The van der Waals surface area contributed by atoms with Crippen LogP contribution in [0.3, 0.4) is 0 Å². The van der Waals surface area contributed by atoms with Crippen molar-refractivity contribution in [1.29, 1.82) is 0 Å². The van der Waals surface area contributed by atoms with E-state index in [1.54, 1.807) is 0 Å². The molecule has 0 unspecified atom stereocenters. The molecule has 0 atom stereocenters. The zero-order valence-corrected chi connectivity index (χ0v) is 8.42. The second kappa shape index (κ2) is 3.61. The number of fused-ring (bicyclic) bond motifs is 1. The molecule has 0 radical (unpaired) electrons.